The Hall–Kier alpha value is -4.15. The van der Waals surface area contributed by atoms with Gasteiger partial charge in [-0.25, -0.2) is 0 Å². The fourth-order valence-corrected chi connectivity index (χ4v) is 17.0. The van der Waals surface area contributed by atoms with Crippen molar-refractivity contribution in [3.63, 3.8) is 0 Å². The van der Waals surface area contributed by atoms with Crippen molar-refractivity contribution in [2.24, 2.45) is 0 Å². The van der Waals surface area contributed by atoms with Crippen LogP contribution in [0.1, 0.15) is 127 Å². The van der Waals surface area contributed by atoms with Crippen LogP contribution < -0.4 is 9.47 Å². The van der Waals surface area contributed by atoms with Gasteiger partial charge in [-0.3, -0.25) is 0 Å². The number of ether oxygens (including phenoxy) is 2. The average Bonchev–Trinajstić information content (AvgIpc) is 3.24. The molecule has 7 heteroatoms. The van der Waals surface area contributed by atoms with Crippen LogP contribution >= 0.6 is 0 Å². The quantitative estimate of drug-likeness (QED) is 0.0386. The summed E-state index contributed by atoms with van der Waals surface area (Å²) in [5.74, 6) is 1.85. The van der Waals surface area contributed by atoms with Crippen molar-refractivity contribution in [3.05, 3.63) is 108 Å². The van der Waals surface area contributed by atoms with Crippen LogP contribution in [0.25, 0.3) is 22.3 Å². The van der Waals surface area contributed by atoms with Gasteiger partial charge in [-0.05, 0) is 122 Å². The highest BCUT2D eigenvalue weighted by Gasteiger charge is 2.32. The Morgan fingerprint density at radius 1 is 0.356 bits per heavy atom. The Morgan fingerprint density at radius 3 is 0.898 bits per heavy atom. The molecular weight excluding hydrogens is 757 g/mol. The Labute approximate surface area is 360 Å². The van der Waals surface area contributed by atoms with E-state index >= 15 is 0 Å². The van der Waals surface area contributed by atoms with E-state index in [1.54, 1.807) is 0 Å². The first kappa shape index (κ1) is 47.5. The fourth-order valence-electron chi connectivity index (χ4n) is 7.97. The predicted octanol–water partition coefficient (Wildman–Crippen LogP) is 15.7. The largest absolute Gasteiger partial charge is 0.494 e. The van der Waals surface area contributed by atoms with Crippen LogP contribution in [0.5, 0.6) is 11.5 Å². The zero-order chi connectivity index (χ0) is 42.0. The van der Waals surface area contributed by atoms with Crippen molar-refractivity contribution in [1.82, 2.24) is 0 Å². The van der Waals surface area contributed by atoms with Gasteiger partial charge in [0.1, 0.15) is 11.5 Å². The average molecular weight is 829 g/mol. The first-order valence-corrected chi connectivity index (χ1v) is 29.1. The lowest BCUT2D eigenvalue weighted by molar-refractivity contribution is 0.304. The summed E-state index contributed by atoms with van der Waals surface area (Å²) in [4.78, 5) is 0. The van der Waals surface area contributed by atoms with Gasteiger partial charge >= 0.3 is 0 Å². The van der Waals surface area contributed by atoms with Crippen LogP contribution in [0.2, 0.25) is 38.3 Å². The second-order valence-electron chi connectivity index (χ2n) is 17.6. The first-order valence-electron chi connectivity index (χ1n) is 22.8. The molecule has 0 N–H and O–H groups in total. The molecule has 0 radical (unpaired) electrons. The lowest BCUT2D eigenvalue weighted by Gasteiger charge is -2.34. The van der Waals surface area contributed by atoms with Crippen LogP contribution in [-0.2, 0) is 4.12 Å². The Bertz CT molecular complexity index is 1670. The third kappa shape index (κ3) is 19.6. The summed E-state index contributed by atoms with van der Waals surface area (Å²) in [6.45, 7) is 11.4. The van der Waals surface area contributed by atoms with Gasteiger partial charge in [-0.1, -0.05) is 151 Å². The predicted molar refractivity (Wildman–Crippen MR) is 253 cm³/mol. The highest BCUT2D eigenvalue weighted by molar-refractivity contribution is 6.84. The summed E-state index contributed by atoms with van der Waals surface area (Å²) in [6.07, 6.45) is 23.5. The summed E-state index contributed by atoms with van der Waals surface area (Å²) in [5, 5.41) is 18.0. The molecule has 4 rings (SSSR count). The highest BCUT2D eigenvalue weighted by Crippen LogP contribution is 2.27. The van der Waals surface area contributed by atoms with E-state index in [4.69, 9.17) is 24.1 Å². The minimum atomic E-state index is -1.59. The summed E-state index contributed by atoms with van der Waals surface area (Å²) < 4.78 is 18.9. The van der Waals surface area contributed by atoms with Gasteiger partial charge in [0.2, 0.25) is 0 Å². The van der Waals surface area contributed by atoms with Gasteiger partial charge in [0.05, 0.1) is 36.5 Å². The van der Waals surface area contributed by atoms with Crippen molar-refractivity contribution in [2.45, 2.75) is 154 Å². The van der Waals surface area contributed by atoms with Crippen molar-refractivity contribution < 1.29 is 13.6 Å². The molecule has 0 saturated heterocycles. The number of hydrogen-bond donors (Lipinski definition) is 0. The van der Waals surface area contributed by atoms with Gasteiger partial charge in [0, 0.05) is 0 Å². The van der Waals surface area contributed by atoms with Crippen LogP contribution in [0.15, 0.2) is 97.1 Å². The second-order valence-corrected chi connectivity index (χ2v) is 26.5. The molecular formula is C52H72N2O3Si2. The van der Waals surface area contributed by atoms with Gasteiger partial charge in [0.25, 0.3) is 0 Å². The molecule has 0 unspecified atom stereocenters. The minimum Gasteiger partial charge on any atom is -0.494 e. The molecule has 316 valence electrons. The molecule has 0 heterocycles. The number of nitriles is 2. The number of unbranched alkanes of at least 4 members (excludes halogenated alkanes) is 16. The normalized spacial score (nSPS) is 11.6. The van der Waals surface area contributed by atoms with Crippen molar-refractivity contribution in [1.29, 1.82) is 10.5 Å². The van der Waals surface area contributed by atoms with E-state index in [0.29, 0.717) is 11.1 Å². The smallest absolute Gasteiger partial charge is 0.173 e. The Balaban J connectivity index is 0.896. The SMILES string of the molecule is C[Si](C)(CCCCCCCCCCCOc1ccc(-c2ccc(C#N)cc2)cc1)O[Si](C)(C)CCCCCCCCCCCOc1ccc(-c2ccc(C#N)cc2)cc1. The van der Waals surface area contributed by atoms with E-state index < -0.39 is 16.6 Å². The molecule has 0 saturated carbocycles. The van der Waals surface area contributed by atoms with Crippen LogP contribution in [0, 0.1) is 22.7 Å². The minimum absolute atomic E-state index is 0.685. The maximum Gasteiger partial charge on any atom is 0.173 e. The van der Waals surface area contributed by atoms with Crippen molar-refractivity contribution in [3.8, 4) is 45.9 Å². The molecule has 0 spiro atoms. The molecule has 0 aromatic heterocycles. The van der Waals surface area contributed by atoms with Gasteiger partial charge in [0.15, 0.2) is 16.6 Å². The van der Waals surface area contributed by atoms with Crippen LogP contribution in [0.4, 0.5) is 0 Å². The second kappa shape index (κ2) is 26.8. The molecule has 0 amide bonds. The van der Waals surface area contributed by atoms with Crippen LogP contribution in [-0.4, -0.2) is 29.8 Å². The van der Waals surface area contributed by atoms with E-state index in [-0.39, 0.29) is 0 Å². The zero-order valence-electron chi connectivity index (χ0n) is 36.9. The summed E-state index contributed by atoms with van der Waals surface area (Å²) in [7, 11) is -3.19. The molecule has 59 heavy (non-hydrogen) atoms. The Morgan fingerprint density at radius 2 is 0.610 bits per heavy atom. The third-order valence-corrected chi connectivity index (χ3v) is 18.9. The molecule has 0 aliphatic rings. The number of hydrogen-bond acceptors (Lipinski definition) is 5. The third-order valence-electron chi connectivity index (χ3n) is 11.3. The van der Waals surface area contributed by atoms with E-state index in [2.05, 4.69) is 62.6 Å². The maximum atomic E-state index is 9.00. The standard InChI is InChI=1S/C52H72N2O3Si2/c1-58(2,41-21-17-13-9-5-7-11-15-19-39-55-51-35-31-49(32-36-51)47-27-23-45(43-53)24-28-47)57-59(3,4)42-22-18-14-10-6-8-12-16-20-40-56-52-37-33-50(34-38-52)48-29-25-46(44-54)26-30-48/h23-38H,5-22,39-42H2,1-4H3. The summed E-state index contributed by atoms with van der Waals surface area (Å²) >= 11 is 0. The molecule has 5 nitrogen and oxygen atoms in total. The molecule has 0 aliphatic carbocycles. The molecule has 0 aliphatic heterocycles. The monoisotopic (exact) mass is 829 g/mol. The van der Waals surface area contributed by atoms with Crippen molar-refractivity contribution in [2.75, 3.05) is 13.2 Å². The number of rotatable bonds is 30. The number of nitrogens with zero attached hydrogens (tertiary/aromatic N) is 2. The van der Waals surface area contributed by atoms with E-state index in [1.165, 1.54) is 115 Å². The first-order chi connectivity index (χ1) is 28.7. The lowest BCUT2D eigenvalue weighted by atomic mass is 10.0. The molecule has 4 aromatic carbocycles. The summed E-state index contributed by atoms with van der Waals surface area (Å²) in [5.41, 5.74) is 5.88. The van der Waals surface area contributed by atoms with Crippen molar-refractivity contribution >= 4 is 16.6 Å². The van der Waals surface area contributed by atoms with Crippen LogP contribution in [0.3, 0.4) is 0 Å². The maximum absolute atomic E-state index is 9.00. The molecule has 0 fully saturated rings. The summed E-state index contributed by atoms with van der Waals surface area (Å²) in [6, 6.07) is 38.9. The topological polar surface area (TPSA) is 75.3 Å². The van der Waals surface area contributed by atoms with E-state index in [0.717, 1.165) is 59.8 Å². The Kier molecular flexibility index (Phi) is 21.6. The number of benzene rings is 4. The van der Waals surface area contributed by atoms with E-state index in [9.17, 15) is 0 Å². The van der Waals surface area contributed by atoms with Gasteiger partial charge < -0.3 is 13.6 Å². The van der Waals surface area contributed by atoms with E-state index in [1.807, 2.05) is 72.8 Å². The highest BCUT2D eigenvalue weighted by atomic mass is 28.4. The lowest BCUT2D eigenvalue weighted by Crippen LogP contribution is -2.44. The van der Waals surface area contributed by atoms with Gasteiger partial charge in [-0.2, -0.15) is 10.5 Å². The van der Waals surface area contributed by atoms with Gasteiger partial charge in [-0.15, -0.1) is 0 Å². The molecule has 0 atom stereocenters. The molecule has 4 aromatic rings. The fraction of sp³-hybridized carbons (Fsp3) is 0.500. The zero-order valence-corrected chi connectivity index (χ0v) is 38.9. The molecule has 0 bridgehead atoms.